The Hall–Kier alpha value is -3.77. The lowest BCUT2D eigenvalue weighted by Crippen LogP contribution is -2.16. The van der Waals surface area contributed by atoms with E-state index in [1.807, 2.05) is 42.2 Å². The normalized spacial score (nSPS) is 10.5. The fraction of sp³-hybridized carbons (Fsp3) is 0.0435. The first-order chi connectivity index (χ1) is 14.6. The molecular weight excluding hydrogens is 398 g/mol. The molecule has 0 radical (unpaired) electrons. The van der Waals surface area contributed by atoms with Crippen molar-refractivity contribution >= 4 is 40.5 Å². The predicted molar refractivity (Wildman–Crippen MR) is 119 cm³/mol. The van der Waals surface area contributed by atoms with Gasteiger partial charge in [-0.15, -0.1) is 0 Å². The summed E-state index contributed by atoms with van der Waals surface area (Å²) in [5, 5.41) is 3.52. The molecule has 0 aliphatic heterocycles. The number of benzene rings is 2. The lowest BCUT2D eigenvalue weighted by molar-refractivity contribution is 0.102. The number of aromatic nitrogens is 3. The Kier molecular flexibility index (Phi) is 5.68. The van der Waals surface area contributed by atoms with Crippen LogP contribution in [0.4, 0.5) is 23.0 Å². The number of hydrogen-bond donors (Lipinski definition) is 1. The molecule has 30 heavy (non-hydrogen) atoms. The summed E-state index contributed by atoms with van der Waals surface area (Å²) in [6, 6.07) is 18.0. The van der Waals surface area contributed by atoms with Gasteiger partial charge >= 0.3 is 0 Å². The summed E-state index contributed by atoms with van der Waals surface area (Å²) in [7, 11) is 0. The number of hydrogen-bond acceptors (Lipinski definition) is 5. The standard InChI is InChI=1S/C23H18ClN5O/c1-16-5-10-19(28-22(30)17-6-8-18(24)9-7-17)14-21(16)29(20-4-2-11-25-15-20)23-26-12-3-13-27-23/h2-15H,1H3,(H,28,30). The number of halogens is 1. The van der Waals surface area contributed by atoms with Crippen LogP contribution in [0.15, 0.2) is 85.5 Å². The van der Waals surface area contributed by atoms with E-state index in [0.717, 1.165) is 16.9 Å². The molecule has 4 aromatic rings. The summed E-state index contributed by atoms with van der Waals surface area (Å²) in [6.07, 6.45) is 6.83. The van der Waals surface area contributed by atoms with Crippen molar-refractivity contribution in [3.8, 4) is 0 Å². The third-order valence-electron chi connectivity index (χ3n) is 4.47. The number of anilines is 4. The highest BCUT2D eigenvalue weighted by atomic mass is 35.5. The summed E-state index contributed by atoms with van der Waals surface area (Å²) >= 11 is 5.91. The summed E-state index contributed by atoms with van der Waals surface area (Å²) in [5.74, 6) is 0.292. The SMILES string of the molecule is Cc1ccc(NC(=O)c2ccc(Cl)cc2)cc1N(c1cccnc1)c1ncccn1. The van der Waals surface area contributed by atoms with Crippen LogP contribution in [0.2, 0.25) is 5.02 Å². The number of rotatable bonds is 5. The monoisotopic (exact) mass is 415 g/mol. The van der Waals surface area contributed by atoms with Gasteiger partial charge in [0.1, 0.15) is 0 Å². The van der Waals surface area contributed by atoms with E-state index < -0.39 is 0 Å². The lowest BCUT2D eigenvalue weighted by Gasteiger charge is -2.24. The maximum Gasteiger partial charge on any atom is 0.255 e. The van der Waals surface area contributed by atoms with Crippen molar-refractivity contribution in [1.82, 2.24) is 15.0 Å². The molecule has 0 bridgehead atoms. The maximum absolute atomic E-state index is 12.6. The Morgan fingerprint density at radius 2 is 1.73 bits per heavy atom. The number of amides is 1. The van der Waals surface area contributed by atoms with Crippen molar-refractivity contribution in [2.75, 3.05) is 10.2 Å². The van der Waals surface area contributed by atoms with E-state index in [2.05, 4.69) is 20.3 Å². The second-order valence-corrected chi connectivity index (χ2v) is 6.99. The Morgan fingerprint density at radius 3 is 2.43 bits per heavy atom. The minimum atomic E-state index is -0.217. The van der Waals surface area contributed by atoms with Gasteiger partial charge in [-0.1, -0.05) is 17.7 Å². The second kappa shape index (κ2) is 8.71. The molecule has 0 spiro atoms. The fourth-order valence-corrected chi connectivity index (χ4v) is 3.11. The van der Waals surface area contributed by atoms with Gasteiger partial charge in [0.15, 0.2) is 0 Å². The van der Waals surface area contributed by atoms with E-state index in [9.17, 15) is 4.79 Å². The molecular formula is C23H18ClN5O. The molecule has 6 nitrogen and oxygen atoms in total. The third kappa shape index (κ3) is 4.29. The molecule has 0 unspecified atom stereocenters. The van der Waals surface area contributed by atoms with Crippen LogP contribution in [0.25, 0.3) is 0 Å². The van der Waals surface area contributed by atoms with E-state index in [4.69, 9.17) is 11.6 Å². The molecule has 2 heterocycles. The van der Waals surface area contributed by atoms with Crippen LogP contribution in [0, 0.1) is 6.92 Å². The Bertz CT molecular complexity index is 1110. The highest BCUT2D eigenvalue weighted by molar-refractivity contribution is 6.30. The highest BCUT2D eigenvalue weighted by Gasteiger charge is 2.18. The van der Waals surface area contributed by atoms with Crippen LogP contribution >= 0.6 is 11.6 Å². The molecule has 148 valence electrons. The molecule has 4 rings (SSSR count). The van der Waals surface area contributed by atoms with Crippen molar-refractivity contribution in [2.45, 2.75) is 6.92 Å². The van der Waals surface area contributed by atoms with Gasteiger partial charge in [0.25, 0.3) is 5.91 Å². The molecule has 0 saturated carbocycles. The molecule has 0 atom stereocenters. The minimum absolute atomic E-state index is 0.217. The van der Waals surface area contributed by atoms with Crippen molar-refractivity contribution in [1.29, 1.82) is 0 Å². The van der Waals surface area contributed by atoms with Crippen LogP contribution < -0.4 is 10.2 Å². The average Bonchev–Trinajstić information content (AvgIpc) is 2.78. The van der Waals surface area contributed by atoms with Gasteiger partial charge in [0.2, 0.25) is 5.95 Å². The van der Waals surface area contributed by atoms with Gasteiger partial charge < -0.3 is 5.32 Å². The van der Waals surface area contributed by atoms with E-state index >= 15 is 0 Å². The van der Waals surface area contributed by atoms with Crippen molar-refractivity contribution < 1.29 is 4.79 Å². The van der Waals surface area contributed by atoms with Crippen LogP contribution in [0.1, 0.15) is 15.9 Å². The summed E-state index contributed by atoms with van der Waals surface area (Å²) in [5.41, 5.74) is 3.82. The zero-order chi connectivity index (χ0) is 20.9. The molecule has 0 aliphatic carbocycles. The third-order valence-corrected chi connectivity index (χ3v) is 4.72. The molecule has 0 aliphatic rings. The van der Waals surface area contributed by atoms with Gasteiger partial charge in [0, 0.05) is 34.9 Å². The van der Waals surface area contributed by atoms with Gasteiger partial charge in [-0.3, -0.25) is 14.7 Å². The average molecular weight is 416 g/mol. The number of carbonyl (C=O) groups excluding carboxylic acids is 1. The molecule has 7 heteroatoms. The second-order valence-electron chi connectivity index (χ2n) is 6.56. The van der Waals surface area contributed by atoms with Crippen molar-refractivity contribution in [2.24, 2.45) is 0 Å². The van der Waals surface area contributed by atoms with E-state index in [1.165, 1.54) is 0 Å². The van der Waals surface area contributed by atoms with Gasteiger partial charge in [0.05, 0.1) is 17.6 Å². The number of carbonyl (C=O) groups is 1. The Balaban J connectivity index is 1.72. The topological polar surface area (TPSA) is 71.0 Å². The zero-order valence-corrected chi connectivity index (χ0v) is 16.9. The zero-order valence-electron chi connectivity index (χ0n) is 16.2. The summed E-state index contributed by atoms with van der Waals surface area (Å²) < 4.78 is 0. The number of nitrogens with zero attached hydrogens (tertiary/aromatic N) is 4. The quantitative estimate of drug-likeness (QED) is 0.462. The van der Waals surface area contributed by atoms with Crippen molar-refractivity contribution in [3.05, 3.63) is 102 Å². The van der Waals surface area contributed by atoms with Crippen LogP contribution in [-0.2, 0) is 0 Å². The van der Waals surface area contributed by atoms with Crippen LogP contribution in [0.5, 0.6) is 0 Å². The number of pyridine rings is 1. The molecule has 1 amide bonds. The van der Waals surface area contributed by atoms with Gasteiger partial charge in [-0.25, -0.2) is 9.97 Å². The maximum atomic E-state index is 12.6. The smallest absolute Gasteiger partial charge is 0.255 e. The molecule has 2 aromatic carbocycles. The van der Waals surface area contributed by atoms with Crippen LogP contribution in [0.3, 0.4) is 0 Å². The molecule has 0 fully saturated rings. The van der Waals surface area contributed by atoms with E-state index in [1.54, 1.807) is 55.1 Å². The largest absolute Gasteiger partial charge is 0.322 e. The van der Waals surface area contributed by atoms with Gasteiger partial charge in [-0.2, -0.15) is 0 Å². The Morgan fingerprint density at radius 1 is 0.967 bits per heavy atom. The highest BCUT2D eigenvalue weighted by Crippen LogP contribution is 2.35. The van der Waals surface area contributed by atoms with Gasteiger partial charge in [-0.05, 0) is 67.1 Å². The fourth-order valence-electron chi connectivity index (χ4n) is 2.99. The molecule has 2 aromatic heterocycles. The number of nitrogens with one attached hydrogen (secondary N) is 1. The van der Waals surface area contributed by atoms with E-state index in [0.29, 0.717) is 22.2 Å². The first-order valence-corrected chi connectivity index (χ1v) is 9.64. The molecule has 0 saturated heterocycles. The first kappa shape index (κ1) is 19.5. The van der Waals surface area contributed by atoms with E-state index in [-0.39, 0.29) is 5.91 Å². The summed E-state index contributed by atoms with van der Waals surface area (Å²) in [6.45, 7) is 1.99. The Labute approximate surface area is 179 Å². The minimum Gasteiger partial charge on any atom is -0.322 e. The van der Waals surface area contributed by atoms with Crippen molar-refractivity contribution in [3.63, 3.8) is 0 Å². The van der Waals surface area contributed by atoms with Crippen LogP contribution in [-0.4, -0.2) is 20.9 Å². The first-order valence-electron chi connectivity index (χ1n) is 9.26. The predicted octanol–water partition coefficient (Wildman–Crippen LogP) is 5.56. The number of aryl methyl sites for hydroxylation is 1. The summed E-state index contributed by atoms with van der Waals surface area (Å²) in [4.78, 5) is 27.6. The molecule has 1 N–H and O–H groups in total. The lowest BCUT2D eigenvalue weighted by atomic mass is 10.1.